The van der Waals surface area contributed by atoms with E-state index in [2.05, 4.69) is 23.9 Å². The maximum absolute atomic E-state index is 6.19. The highest BCUT2D eigenvalue weighted by molar-refractivity contribution is 6.33. The number of rotatable bonds is 3. The van der Waals surface area contributed by atoms with Gasteiger partial charge in [0, 0.05) is 24.7 Å². The third-order valence-electron chi connectivity index (χ3n) is 2.63. The summed E-state index contributed by atoms with van der Waals surface area (Å²) in [6.45, 7) is 4.29. The molecule has 0 unspecified atom stereocenters. The molecule has 4 nitrogen and oxygen atoms in total. The van der Waals surface area contributed by atoms with Gasteiger partial charge in [0.2, 0.25) is 0 Å². The maximum Gasteiger partial charge on any atom is 0.159 e. The van der Waals surface area contributed by atoms with Crippen molar-refractivity contribution in [1.29, 1.82) is 0 Å². The van der Waals surface area contributed by atoms with Crippen molar-refractivity contribution in [3.8, 4) is 11.4 Å². The molecule has 0 spiro atoms. The van der Waals surface area contributed by atoms with Crippen LogP contribution in [0.25, 0.3) is 11.4 Å². The standard InChI is InChI=1S/C13H17ClN4/c1-8(2)6-12-16-13(18(3)17-12)10-5-4-9(15)7-11(10)14/h4-5,7-8H,6,15H2,1-3H3. The number of nitrogens with zero attached hydrogens (tertiary/aromatic N) is 3. The van der Waals surface area contributed by atoms with Crippen LogP contribution < -0.4 is 5.73 Å². The minimum Gasteiger partial charge on any atom is -0.399 e. The van der Waals surface area contributed by atoms with Gasteiger partial charge in [-0.25, -0.2) is 9.67 Å². The van der Waals surface area contributed by atoms with Crippen LogP contribution in [0, 0.1) is 5.92 Å². The number of benzene rings is 1. The van der Waals surface area contributed by atoms with Gasteiger partial charge in [0.1, 0.15) is 0 Å². The first-order valence-corrected chi connectivity index (χ1v) is 6.30. The molecule has 0 radical (unpaired) electrons. The lowest BCUT2D eigenvalue weighted by Crippen LogP contribution is -1.98. The second-order valence-electron chi connectivity index (χ2n) is 4.81. The van der Waals surface area contributed by atoms with E-state index in [9.17, 15) is 0 Å². The Labute approximate surface area is 112 Å². The smallest absolute Gasteiger partial charge is 0.159 e. The second kappa shape index (κ2) is 4.98. The summed E-state index contributed by atoms with van der Waals surface area (Å²) in [5.74, 6) is 2.15. The molecule has 0 bridgehead atoms. The number of anilines is 1. The molecule has 2 rings (SSSR count). The number of aromatic nitrogens is 3. The zero-order valence-electron chi connectivity index (χ0n) is 10.8. The van der Waals surface area contributed by atoms with Gasteiger partial charge in [-0.3, -0.25) is 0 Å². The summed E-state index contributed by atoms with van der Waals surface area (Å²) in [4.78, 5) is 4.54. The van der Waals surface area contributed by atoms with Crippen LogP contribution in [0.4, 0.5) is 5.69 Å². The number of aryl methyl sites for hydroxylation is 1. The highest BCUT2D eigenvalue weighted by Crippen LogP contribution is 2.28. The van der Waals surface area contributed by atoms with Crippen LogP contribution in [-0.2, 0) is 13.5 Å². The van der Waals surface area contributed by atoms with E-state index in [1.165, 1.54) is 0 Å². The van der Waals surface area contributed by atoms with Gasteiger partial charge in [-0.15, -0.1) is 0 Å². The van der Waals surface area contributed by atoms with Gasteiger partial charge < -0.3 is 5.73 Å². The Morgan fingerprint density at radius 3 is 2.72 bits per heavy atom. The lowest BCUT2D eigenvalue weighted by molar-refractivity contribution is 0.613. The summed E-state index contributed by atoms with van der Waals surface area (Å²) in [7, 11) is 1.87. The predicted molar refractivity (Wildman–Crippen MR) is 74.4 cm³/mol. The first-order chi connectivity index (χ1) is 8.47. The summed E-state index contributed by atoms with van der Waals surface area (Å²) in [6.07, 6.45) is 0.862. The topological polar surface area (TPSA) is 56.7 Å². The Morgan fingerprint density at radius 2 is 2.11 bits per heavy atom. The molecular weight excluding hydrogens is 248 g/mol. The van der Waals surface area contributed by atoms with Gasteiger partial charge >= 0.3 is 0 Å². The van der Waals surface area contributed by atoms with Crippen molar-refractivity contribution in [3.05, 3.63) is 29.0 Å². The number of nitrogens with two attached hydrogens (primary N) is 1. The lowest BCUT2D eigenvalue weighted by Gasteiger charge is -2.03. The number of hydrogen-bond acceptors (Lipinski definition) is 3. The summed E-state index contributed by atoms with van der Waals surface area (Å²) in [6, 6.07) is 5.42. The molecule has 5 heteroatoms. The van der Waals surface area contributed by atoms with E-state index < -0.39 is 0 Å². The molecular formula is C13H17ClN4. The van der Waals surface area contributed by atoms with Gasteiger partial charge in [-0.1, -0.05) is 25.4 Å². The van der Waals surface area contributed by atoms with Gasteiger partial charge in [-0.05, 0) is 24.1 Å². The molecule has 0 aliphatic heterocycles. The van der Waals surface area contributed by atoms with Crippen LogP contribution in [0.3, 0.4) is 0 Å². The molecule has 0 saturated heterocycles. The quantitative estimate of drug-likeness (QED) is 0.868. The average Bonchev–Trinajstić information content (AvgIpc) is 2.58. The Kier molecular flexibility index (Phi) is 3.57. The van der Waals surface area contributed by atoms with Crippen molar-refractivity contribution in [2.45, 2.75) is 20.3 Å². The van der Waals surface area contributed by atoms with Crippen molar-refractivity contribution in [3.63, 3.8) is 0 Å². The Balaban J connectivity index is 2.41. The zero-order chi connectivity index (χ0) is 13.3. The van der Waals surface area contributed by atoms with E-state index in [4.69, 9.17) is 17.3 Å². The molecule has 0 aliphatic rings. The minimum atomic E-state index is 0.530. The zero-order valence-corrected chi connectivity index (χ0v) is 11.6. The highest BCUT2D eigenvalue weighted by atomic mass is 35.5. The molecule has 0 amide bonds. The third kappa shape index (κ3) is 2.64. The van der Waals surface area contributed by atoms with Crippen molar-refractivity contribution in [2.24, 2.45) is 13.0 Å². The van der Waals surface area contributed by atoms with E-state index in [0.717, 1.165) is 23.6 Å². The Hall–Kier alpha value is -1.55. The van der Waals surface area contributed by atoms with E-state index in [-0.39, 0.29) is 0 Å². The van der Waals surface area contributed by atoms with Crippen molar-refractivity contribution in [1.82, 2.24) is 14.8 Å². The minimum absolute atomic E-state index is 0.530. The fraction of sp³-hybridized carbons (Fsp3) is 0.385. The van der Waals surface area contributed by atoms with E-state index in [0.29, 0.717) is 16.6 Å². The Bertz CT molecular complexity index is 560. The molecule has 18 heavy (non-hydrogen) atoms. The van der Waals surface area contributed by atoms with Crippen LogP contribution in [-0.4, -0.2) is 14.8 Å². The summed E-state index contributed by atoms with van der Waals surface area (Å²) in [5.41, 5.74) is 7.19. The summed E-state index contributed by atoms with van der Waals surface area (Å²) < 4.78 is 1.76. The molecule has 0 saturated carbocycles. The molecule has 0 atom stereocenters. The van der Waals surface area contributed by atoms with Gasteiger partial charge in [-0.2, -0.15) is 5.10 Å². The molecule has 0 fully saturated rings. The van der Waals surface area contributed by atoms with E-state index in [1.807, 2.05) is 19.2 Å². The average molecular weight is 265 g/mol. The molecule has 2 N–H and O–H groups in total. The molecule has 0 aliphatic carbocycles. The largest absolute Gasteiger partial charge is 0.399 e. The molecule has 96 valence electrons. The highest BCUT2D eigenvalue weighted by Gasteiger charge is 2.13. The van der Waals surface area contributed by atoms with Crippen molar-refractivity contribution < 1.29 is 0 Å². The van der Waals surface area contributed by atoms with E-state index in [1.54, 1.807) is 10.7 Å². The third-order valence-corrected chi connectivity index (χ3v) is 2.94. The molecule has 1 heterocycles. The number of hydrogen-bond donors (Lipinski definition) is 1. The van der Waals surface area contributed by atoms with Gasteiger partial charge in [0.05, 0.1) is 5.02 Å². The van der Waals surface area contributed by atoms with E-state index >= 15 is 0 Å². The summed E-state index contributed by atoms with van der Waals surface area (Å²) >= 11 is 6.19. The lowest BCUT2D eigenvalue weighted by atomic mass is 10.1. The van der Waals surface area contributed by atoms with Crippen LogP contribution in [0.5, 0.6) is 0 Å². The van der Waals surface area contributed by atoms with Crippen molar-refractivity contribution >= 4 is 17.3 Å². The molecule has 2 aromatic rings. The van der Waals surface area contributed by atoms with Gasteiger partial charge in [0.25, 0.3) is 0 Å². The predicted octanol–water partition coefficient (Wildman–Crippen LogP) is 2.92. The SMILES string of the molecule is CC(C)Cc1nc(-c2ccc(N)cc2Cl)n(C)n1. The van der Waals surface area contributed by atoms with Gasteiger partial charge in [0.15, 0.2) is 11.6 Å². The fourth-order valence-electron chi connectivity index (χ4n) is 1.84. The maximum atomic E-state index is 6.19. The number of halogens is 1. The number of nitrogen functional groups attached to an aromatic ring is 1. The Morgan fingerprint density at radius 1 is 1.39 bits per heavy atom. The van der Waals surface area contributed by atoms with Crippen LogP contribution in [0.15, 0.2) is 18.2 Å². The monoisotopic (exact) mass is 264 g/mol. The first-order valence-electron chi connectivity index (χ1n) is 5.92. The summed E-state index contributed by atoms with van der Waals surface area (Å²) in [5, 5.41) is 5.01. The second-order valence-corrected chi connectivity index (χ2v) is 5.22. The first kappa shape index (κ1) is 12.9. The van der Waals surface area contributed by atoms with Crippen LogP contribution in [0.1, 0.15) is 19.7 Å². The fourth-order valence-corrected chi connectivity index (χ4v) is 2.11. The normalized spacial score (nSPS) is 11.2. The van der Waals surface area contributed by atoms with Crippen LogP contribution in [0.2, 0.25) is 5.02 Å². The van der Waals surface area contributed by atoms with Crippen LogP contribution >= 0.6 is 11.6 Å². The molecule has 1 aromatic heterocycles. The molecule has 1 aromatic carbocycles. The van der Waals surface area contributed by atoms with Crippen molar-refractivity contribution in [2.75, 3.05) is 5.73 Å².